The number of hydrogen-bond donors (Lipinski definition) is 1. The van der Waals surface area contributed by atoms with Crippen molar-refractivity contribution in [1.29, 1.82) is 0 Å². The number of nitrogens with zero attached hydrogens (tertiary/aromatic N) is 1. The Morgan fingerprint density at radius 1 is 1.09 bits per heavy atom. The van der Waals surface area contributed by atoms with Crippen LogP contribution in [0.5, 0.6) is 0 Å². The molecule has 0 saturated carbocycles. The number of benzene rings is 2. The lowest BCUT2D eigenvalue weighted by Gasteiger charge is -2.23. The van der Waals surface area contributed by atoms with Gasteiger partial charge in [-0.3, -0.25) is 0 Å². The minimum Gasteiger partial charge on any atom is -0.399 e. The van der Waals surface area contributed by atoms with Crippen LogP contribution in [0, 0.1) is 6.92 Å². The predicted molar refractivity (Wildman–Crippen MR) is 91.1 cm³/mol. The van der Waals surface area contributed by atoms with Gasteiger partial charge in [-0.25, -0.2) is 8.42 Å². The molecule has 0 spiro atoms. The molecule has 2 aromatic rings. The Bertz CT molecular complexity index is 756. The van der Waals surface area contributed by atoms with Crippen molar-refractivity contribution in [2.45, 2.75) is 17.2 Å². The highest BCUT2D eigenvalue weighted by molar-refractivity contribution is 8.01. The van der Waals surface area contributed by atoms with E-state index in [2.05, 4.69) is 0 Å². The van der Waals surface area contributed by atoms with Gasteiger partial charge in [0.25, 0.3) is 0 Å². The first-order chi connectivity index (χ1) is 10.5. The Labute approximate surface area is 135 Å². The smallest absolute Gasteiger partial charge is 0.244 e. The van der Waals surface area contributed by atoms with E-state index in [0.717, 1.165) is 16.9 Å². The number of sulfonamides is 1. The van der Waals surface area contributed by atoms with E-state index < -0.39 is 10.0 Å². The van der Waals surface area contributed by atoms with Gasteiger partial charge in [-0.15, -0.1) is 11.8 Å². The van der Waals surface area contributed by atoms with E-state index in [1.54, 1.807) is 28.2 Å². The minimum absolute atomic E-state index is 0.188. The van der Waals surface area contributed by atoms with Gasteiger partial charge in [0.1, 0.15) is 0 Å². The van der Waals surface area contributed by atoms with Gasteiger partial charge < -0.3 is 5.73 Å². The summed E-state index contributed by atoms with van der Waals surface area (Å²) in [6, 6.07) is 14.4. The molecule has 1 aliphatic heterocycles. The molecule has 0 aromatic heterocycles. The van der Waals surface area contributed by atoms with E-state index in [1.165, 1.54) is 0 Å². The maximum Gasteiger partial charge on any atom is 0.244 e. The van der Waals surface area contributed by atoms with Crippen molar-refractivity contribution in [3.8, 4) is 0 Å². The molecule has 0 aliphatic carbocycles. The van der Waals surface area contributed by atoms with Gasteiger partial charge in [0.05, 0.1) is 10.3 Å². The largest absolute Gasteiger partial charge is 0.399 e. The number of rotatable bonds is 3. The number of nitrogens with two attached hydrogens (primary N) is 1. The summed E-state index contributed by atoms with van der Waals surface area (Å²) in [7, 11) is -3.48. The topological polar surface area (TPSA) is 63.4 Å². The molecule has 1 aliphatic rings. The number of hydrogen-bond acceptors (Lipinski definition) is 4. The molecule has 0 radical (unpaired) electrons. The van der Waals surface area contributed by atoms with Crippen LogP contribution >= 0.6 is 11.8 Å². The van der Waals surface area contributed by atoms with Crippen molar-refractivity contribution in [3.05, 3.63) is 59.7 Å². The van der Waals surface area contributed by atoms with Crippen molar-refractivity contribution in [2.75, 3.05) is 18.0 Å². The monoisotopic (exact) mass is 334 g/mol. The lowest BCUT2D eigenvalue weighted by molar-refractivity contribution is 0.434. The summed E-state index contributed by atoms with van der Waals surface area (Å²) in [6.45, 7) is 2.47. The van der Waals surface area contributed by atoms with Crippen molar-refractivity contribution >= 4 is 27.5 Å². The van der Waals surface area contributed by atoms with Crippen LogP contribution in [0.15, 0.2) is 53.4 Å². The normalized spacial score (nSPS) is 19.4. The number of nitrogen functional groups attached to an aromatic ring is 1. The maximum absolute atomic E-state index is 12.9. The Balaban J connectivity index is 1.95. The summed E-state index contributed by atoms with van der Waals surface area (Å²) < 4.78 is 27.3. The maximum atomic E-state index is 12.9. The second-order valence-corrected chi connectivity index (χ2v) is 8.40. The molecular formula is C16H18N2O2S2. The van der Waals surface area contributed by atoms with Crippen LogP contribution in [0.25, 0.3) is 0 Å². The lowest BCUT2D eigenvalue weighted by atomic mass is 10.2. The third kappa shape index (κ3) is 2.86. The van der Waals surface area contributed by atoms with E-state index in [9.17, 15) is 8.42 Å². The molecule has 1 fully saturated rings. The van der Waals surface area contributed by atoms with Crippen molar-refractivity contribution in [2.24, 2.45) is 0 Å². The van der Waals surface area contributed by atoms with Gasteiger partial charge in [0, 0.05) is 18.0 Å². The second kappa shape index (κ2) is 5.95. The highest BCUT2D eigenvalue weighted by atomic mass is 32.2. The molecular weight excluding hydrogens is 316 g/mol. The van der Waals surface area contributed by atoms with E-state index in [1.807, 2.05) is 43.3 Å². The SMILES string of the molecule is Cc1ccc(S(=O)(=O)N2CCSC2c2ccc(N)cc2)cc1. The molecule has 2 aromatic carbocycles. The van der Waals surface area contributed by atoms with Crippen LogP contribution in [0.4, 0.5) is 5.69 Å². The average molecular weight is 334 g/mol. The van der Waals surface area contributed by atoms with Crippen molar-refractivity contribution in [3.63, 3.8) is 0 Å². The zero-order valence-corrected chi connectivity index (χ0v) is 13.9. The Kier molecular flexibility index (Phi) is 4.16. The van der Waals surface area contributed by atoms with Crippen LogP contribution in [-0.2, 0) is 10.0 Å². The van der Waals surface area contributed by atoms with Gasteiger partial charge >= 0.3 is 0 Å². The van der Waals surface area contributed by atoms with Gasteiger partial charge in [-0.05, 0) is 36.8 Å². The van der Waals surface area contributed by atoms with Gasteiger partial charge in [0.2, 0.25) is 10.0 Å². The molecule has 1 unspecified atom stereocenters. The van der Waals surface area contributed by atoms with E-state index >= 15 is 0 Å². The van der Waals surface area contributed by atoms with E-state index in [4.69, 9.17) is 5.73 Å². The molecule has 0 amide bonds. The number of aryl methyl sites for hydroxylation is 1. The first-order valence-corrected chi connectivity index (χ1v) is 9.53. The van der Waals surface area contributed by atoms with Crippen LogP contribution in [0.3, 0.4) is 0 Å². The van der Waals surface area contributed by atoms with Crippen LogP contribution in [-0.4, -0.2) is 25.0 Å². The molecule has 22 heavy (non-hydrogen) atoms. The molecule has 2 N–H and O–H groups in total. The fraction of sp³-hybridized carbons (Fsp3) is 0.250. The predicted octanol–water partition coefficient (Wildman–Crippen LogP) is 3.01. The summed E-state index contributed by atoms with van der Waals surface area (Å²) >= 11 is 1.64. The first kappa shape index (κ1) is 15.4. The first-order valence-electron chi connectivity index (χ1n) is 7.04. The minimum atomic E-state index is -3.48. The van der Waals surface area contributed by atoms with Crippen molar-refractivity contribution < 1.29 is 8.42 Å². The highest BCUT2D eigenvalue weighted by Gasteiger charge is 2.36. The Morgan fingerprint density at radius 3 is 2.36 bits per heavy atom. The van der Waals surface area contributed by atoms with Gasteiger partial charge in [-0.2, -0.15) is 4.31 Å². The summed E-state index contributed by atoms with van der Waals surface area (Å²) in [6.07, 6.45) is 0. The quantitative estimate of drug-likeness (QED) is 0.877. The number of thioether (sulfide) groups is 1. The van der Waals surface area contributed by atoms with E-state index in [0.29, 0.717) is 17.1 Å². The average Bonchev–Trinajstić information content (AvgIpc) is 2.99. The zero-order valence-electron chi connectivity index (χ0n) is 12.3. The molecule has 3 rings (SSSR count). The molecule has 0 bridgehead atoms. The highest BCUT2D eigenvalue weighted by Crippen LogP contribution is 2.41. The van der Waals surface area contributed by atoms with E-state index in [-0.39, 0.29) is 5.37 Å². The zero-order chi connectivity index (χ0) is 15.7. The van der Waals surface area contributed by atoms with Crippen LogP contribution in [0.1, 0.15) is 16.5 Å². The van der Waals surface area contributed by atoms with Crippen LogP contribution in [0.2, 0.25) is 0 Å². The third-order valence-corrected chi connectivity index (χ3v) is 6.97. The molecule has 1 saturated heterocycles. The Morgan fingerprint density at radius 2 is 1.73 bits per heavy atom. The second-order valence-electron chi connectivity index (χ2n) is 5.32. The van der Waals surface area contributed by atoms with Crippen molar-refractivity contribution in [1.82, 2.24) is 4.31 Å². The molecule has 116 valence electrons. The summed E-state index contributed by atoms with van der Waals surface area (Å²) in [5, 5.41) is -0.188. The molecule has 6 heteroatoms. The van der Waals surface area contributed by atoms with Gasteiger partial charge in [-0.1, -0.05) is 29.8 Å². The standard InChI is InChI=1S/C16H18N2O2S2/c1-12-2-8-15(9-3-12)22(19,20)18-10-11-21-16(18)13-4-6-14(17)7-5-13/h2-9,16H,10-11,17H2,1H3. The summed E-state index contributed by atoms with van der Waals surface area (Å²) in [4.78, 5) is 0.348. The molecule has 1 heterocycles. The lowest BCUT2D eigenvalue weighted by Crippen LogP contribution is -2.30. The summed E-state index contributed by atoms with van der Waals surface area (Å²) in [5.74, 6) is 0.792. The van der Waals surface area contributed by atoms with Crippen LogP contribution < -0.4 is 5.73 Å². The fourth-order valence-electron chi connectivity index (χ4n) is 2.47. The molecule has 4 nitrogen and oxygen atoms in total. The summed E-state index contributed by atoms with van der Waals surface area (Å²) in [5.41, 5.74) is 8.40. The molecule has 1 atom stereocenters. The van der Waals surface area contributed by atoms with Gasteiger partial charge in [0.15, 0.2) is 0 Å². The Hall–Kier alpha value is -1.50. The number of anilines is 1. The fourth-order valence-corrected chi connectivity index (χ4v) is 5.71. The third-order valence-electron chi connectivity index (χ3n) is 3.70.